The van der Waals surface area contributed by atoms with Crippen molar-refractivity contribution in [3.05, 3.63) is 78.1 Å². The van der Waals surface area contributed by atoms with Crippen molar-refractivity contribution in [1.29, 1.82) is 0 Å². The molecule has 2 aliphatic rings. The van der Waals surface area contributed by atoms with Crippen LogP contribution in [0.1, 0.15) is 42.9 Å². The molecular weight excluding hydrogens is 384 g/mol. The molecule has 158 valence electrons. The Hall–Kier alpha value is -3.21. The van der Waals surface area contributed by atoms with Gasteiger partial charge in [0.15, 0.2) is 0 Å². The topological polar surface area (TPSA) is 58.1 Å². The Morgan fingerprint density at radius 1 is 0.935 bits per heavy atom. The van der Waals surface area contributed by atoms with E-state index in [9.17, 15) is 4.79 Å². The fourth-order valence-electron chi connectivity index (χ4n) is 4.85. The van der Waals surface area contributed by atoms with Crippen molar-refractivity contribution in [3.8, 4) is 11.3 Å². The first kappa shape index (κ1) is 19.7. The van der Waals surface area contributed by atoms with Crippen molar-refractivity contribution in [3.63, 3.8) is 0 Å². The number of nitrogens with one attached hydrogen (secondary N) is 1. The minimum Gasteiger partial charge on any atom is -0.356 e. The van der Waals surface area contributed by atoms with Crippen LogP contribution in [0.25, 0.3) is 11.3 Å². The van der Waals surface area contributed by atoms with Gasteiger partial charge in [0.25, 0.3) is 0 Å². The average Bonchev–Trinajstić information content (AvgIpc) is 2.85. The molecule has 1 atom stereocenters. The van der Waals surface area contributed by atoms with E-state index in [4.69, 9.17) is 0 Å². The number of carbonyl (C=O) groups excluding carboxylic acids is 1. The van der Waals surface area contributed by atoms with Gasteiger partial charge in [0.05, 0.1) is 11.7 Å². The molecule has 1 aliphatic heterocycles. The molecular formula is C26H28N4O. The predicted octanol–water partition coefficient (Wildman–Crippen LogP) is 4.55. The van der Waals surface area contributed by atoms with Crippen LogP contribution in [0.4, 0.5) is 5.82 Å². The van der Waals surface area contributed by atoms with Gasteiger partial charge in [-0.25, -0.2) is 9.97 Å². The molecule has 2 heterocycles. The van der Waals surface area contributed by atoms with Gasteiger partial charge in [-0.2, -0.15) is 0 Å². The summed E-state index contributed by atoms with van der Waals surface area (Å²) in [7, 11) is 0. The highest BCUT2D eigenvalue weighted by molar-refractivity contribution is 5.79. The molecule has 1 N–H and O–H groups in total. The molecule has 3 aromatic rings. The summed E-state index contributed by atoms with van der Waals surface area (Å²) in [6, 6.07) is 20.9. The molecule has 1 aliphatic carbocycles. The van der Waals surface area contributed by atoms with Gasteiger partial charge in [-0.3, -0.25) is 4.79 Å². The first-order valence-electron chi connectivity index (χ1n) is 11.3. The van der Waals surface area contributed by atoms with Crippen molar-refractivity contribution in [2.75, 3.05) is 18.0 Å². The Balaban J connectivity index is 1.21. The van der Waals surface area contributed by atoms with Crippen LogP contribution in [0.2, 0.25) is 0 Å². The summed E-state index contributed by atoms with van der Waals surface area (Å²) in [5, 5.41) is 3.35. The third kappa shape index (κ3) is 4.31. The molecule has 2 aromatic carbocycles. The Morgan fingerprint density at radius 2 is 1.71 bits per heavy atom. The van der Waals surface area contributed by atoms with E-state index in [1.54, 1.807) is 6.33 Å². The van der Waals surface area contributed by atoms with Crippen LogP contribution >= 0.6 is 0 Å². The predicted molar refractivity (Wildman–Crippen MR) is 123 cm³/mol. The molecule has 0 saturated carbocycles. The Morgan fingerprint density at radius 3 is 2.55 bits per heavy atom. The van der Waals surface area contributed by atoms with Gasteiger partial charge in [0.2, 0.25) is 5.91 Å². The first-order chi connectivity index (χ1) is 15.3. The van der Waals surface area contributed by atoms with Crippen LogP contribution in [0, 0.1) is 5.92 Å². The number of aromatic nitrogens is 2. The zero-order valence-corrected chi connectivity index (χ0v) is 17.7. The lowest BCUT2D eigenvalue weighted by Crippen LogP contribution is -2.42. The molecule has 31 heavy (non-hydrogen) atoms. The second-order valence-corrected chi connectivity index (χ2v) is 8.54. The standard InChI is InChI=1S/C26H28N4O/c31-26(29-23-12-6-10-19-7-4-5-11-22(19)23)21-13-15-30(16-14-21)25-17-24(27-18-28-25)20-8-2-1-3-9-20/h1-5,7-9,11,17-18,21,23H,6,10,12-16H2,(H,29,31)/t23-/m1/s1. The molecule has 0 bridgehead atoms. The minimum atomic E-state index is 0.0702. The maximum Gasteiger partial charge on any atom is 0.223 e. The van der Waals surface area contributed by atoms with Gasteiger partial charge in [-0.15, -0.1) is 0 Å². The van der Waals surface area contributed by atoms with E-state index >= 15 is 0 Å². The number of hydrogen-bond donors (Lipinski definition) is 1. The number of amides is 1. The second kappa shape index (κ2) is 8.88. The lowest BCUT2D eigenvalue weighted by Gasteiger charge is -2.34. The number of benzene rings is 2. The molecule has 0 unspecified atom stereocenters. The highest BCUT2D eigenvalue weighted by Gasteiger charge is 2.29. The Kier molecular flexibility index (Phi) is 5.65. The Bertz CT molecular complexity index is 1040. The number of nitrogens with zero attached hydrogens (tertiary/aromatic N) is 3. The van der Waals surface area contributed by atoms with Gasteiger partial charge in [0.1, 0.15) is 12.1 Å². The summed E-state index contributed by atoms with van der Waals surface area (Å²) in [4.78, 5) is 24.2. The van der Waals surface area contributed by atoms with Crippen LogP contribution in [0.3, 0.4) is 0 Å². The van der Waals surface area contributed by atoms with Crippen LogP contribution in [-0.2, 0) is 11.2 Å². The highest BCUT2D eigenvalue weighted by atomic mass is 16.1. The van der Waals surface area contributed by atoms with Gasteiger partial charge in [0, 0.05) is 30.6 Å². The fourth-order valence-corrected chi connectivity index (χ4v) is 4.85. The van der Waals surface area contributed by atoms with Crippen molar-refractivity contribution in [2.45, 2.75) is 38.1 Å². The van der Waals surface area contributed by atoms with E-state index in [1.807, 2.05) is 18.2 Å². The first-order valence-corrected chi connectivity index (χ1v) is 11.3. The van der Waals surface area contributed by atoms with Crippen molar-refractivity contribution in [1.82, 2.24) is 15.3 Å². The van der Waals surface area contributed by atoms with E-state index in [0.717, 1.165) is 62.3 Å². The lowest BCUT2D eigenvalue weighted by atomic mass is 9.87. The minimum absolute atomic E-state index is 0.0702. The summed E-state index contributed by atoms with van der Waals surface area (Å²) >= 11 is 0. The quantitative estimate of drug-likeness (QED) is 0.683. The maximum atomic E-state index is 13.0. The maximum absolute atomic E-state index is 13.0. The summed E-state index contributed by atoms with van der Waals surface area (Å²) in [6.45, 7) is 1.68. The normalized spacial score (nSPS) is 19.0. The number of piperidine rings is 1. The zero-order chi connectivity index (χ0) is 21.0. The number of fused-ring (bicyclic) bond motifs is 1. The number of hydrogen-bond acceptors (Lipinski definition) is 4. The lowest BCUT2D eigenvalue weighted by molar-refractivity contribution is -0.126. The van der Waals surface area contributed by atoms with E-state index < -0.39 is 0 Å². The van der Waals surface area contributed by atoms with Crippen LogP contribution in [0.5, 0.6) is 0 Å². The van der Waals surface area contributed by atoms with E-state index in [2.05, 4.69) is 62.6 Å². The van der Waals surface area contributed by atoms with Crippen LogP contribution in [0.15, 0.2) is 67.0 Å². The molecule has 5 heteroatoms. The largest absolute Gasteiger partial charge is 0.356 e. The molecule has 1 saturated heterocycles. The van der Waals surface area contributed by atoms with Gasteiger partial charge < -0.3 is 10.2 Å². The van der Waals surface area contributed by atoms with Crippen LogP contribution < -0.4 is 10.2 Å². The second-order valence-electron chi connectivity index (χ2n) is 8.54. The summed E-state index contributed by atoms with van der Waals surface area (Å²) in [6.07, 6.45) is 6.63. The zero-order valence-electron chi connectivity index (χ0n) is 17.7. The monoisotopic (exact) mass is 412 g/mol. The fraction of sp³-hybridized carbons (Fsp3) is 0.346. The molecule has 1 amide bonds. The molecule has 5 nitrogen and oxygen atoms in total. The smallest absolute Gasteiger partial charge is 0.223 e. The Labute approximate surface area is 183 Å². The third-order valence-electron chi connectivity index (χ3n) is 6.60. The number of carbonyl (C=O) groups is 1. The average molecular weight is 413 g/mol. The van der Waals surface area contributed by atoms with E-state index in [1.165, 1.54) is 11.1 Å². The summed E-state index contributed by atoms with van der Waals surface area (Å²) in [5.74, 6) is 1.21. The number of rotatable bonds is 4. The molecule has 5 rings (SSSR count). The summed E-state index contributed by atoms with van der Waals surface area (Å²) < 4.78 is 0. The van der Waals surface area contributed by atoms with Crippen molar-refractivity contribution < 1.29 is 4.79 Å². The highest BCUT2D eigenvalue weighted by Crippen LogP contribution is 2.31. The molecule has 1 fully saturated rings. The van der Waals surface area contributed by atoms with Crippen LogP contribution in [-0.4, -0.2) is 29.0 Å². The number of anilines is 1. The molecule has 0 radical (unpaired) electrons. The van der Waals surface area contributed by atoms with Gasteiger partial charge in [-0.1, -0.05) is 54.6 Å². The SMILES string of the molecule is O=C(N[C@@H]1CCCc2ccccc21)C1CCN(c2cc(-c3ccccc3)ncn2)CC1. The molecule has 0 spiro atoms. The summed E-state index contributed by atoms with van der Waals surface area (Å²) in [5.41, 5.74) is 4.70. The van der Waals surface area contributed by atoms with Gasteiger partial charge >= 0.3 is 0 Å². The van der Waals surface area contributed by atoms with E-state index in [0.29, 0.717) is 0 Å². The number of aryl methyl sites for hydroxylation is 1. The molecule has 1 aromatic heterocycles. The van der Waals surface area contributed by atoms with Gasteiger partial charge in [-0.05, 0) is 43.2 Å². The van der Waals surface area contributed by atoms with Crippen molar-refractivity contribution >= 4 is 11.7 Å². The van der Waals surface area contributed by atoms with Crippen molar-refractivity contribution in [2.24, 2.45) is 5.92 Å². The third-order valence-corrected chi connectivity index (χ3v) is 6.60. The van der Waals surface area contributed by atoms with E-state index in [-0.39, 0.29) is 17.9 Å².